The molecule has 2 atom stereocenters. The predicted octanol–water partition coefficient (Wildman–Crippen LogP) is 0.590. The summed E-state index contributed by atoms with van der Waals surface area (Å²) >= 11 is 0. The minimum absolute atomic E-state index is 0.0528. The van der Waals surface area contributed by atoms with E-state index in [0.29, 0.717) is 19.8 Å². The molecule has 0 aromatic carbocycles. The molecule has 0 radical (unpaired) electrons. The van der Waals surface area contributed by atoms with Gasteiger partial charge in [-0.3, -0.25) is 11.3 Å². The molecule has 1 fully saturated rings. The number of ether oxygens (including phenoxy) is 2. The molecular weight excluding hydrogens is 180 g/mol. The van der Waals surface area contributed by atoms with Crippen LogP contribution in [0.15, 0.2) is 12.2 Å². The maximum absolute atomic E-state index is 5.57. The average molecular weight is 200 g/mol. The topological polar surface area (TPSA) is 56.5 Å². The van der Waals surface area contributed by atoms with Crippen LogP contribution in [0.1, 0.15) is 19.8 Å². The summed E-state index contributed by atoms with van der Waals surface area (Å²) in [4.78, 5) is 0. The molecule has 0 aromatic rings. The van der Waals surface area contributed by atoms with Crippen molar-refractivity contribution in [1.29, 1.82) is 0 Å². The Balaban J connectivity index is 2.39. The molecule has 0 aromatic heterocycles. The highest BCUT2D eigenvalue weighted by atomic mass is 16.6. The van der Waals surface area contributed by atoms with Gasteiger partial charge in [-0.25, -0.2) is 0 Å². The fourth-order valence-electron chi connectivity index (χ4n) is 1.49. The molecular formula is C10H20N2O2. The van der Waals surface area contributed by atoms with E-state index in [-0.39, 0.29) is 12.1 Å². The molecule has 4 heteroatoms. The molecule has 0 aliphatic carbocycles. The molecule has 0 amide bonds. The standard InChI is InChI=1S/C10H20N2O2/c1-3-8(2)6-9(12-11)10-7-13-4-5-14-10/h9-10,12H,2-7,11H2,1H3. The number of hydrogen-bond acceptors (Lipinski definition) is 4. The zero-order valence-corrected chi connectivity index (χ0v) is 8.79. The smallest absolute Gasteiger partial charge is 0.0978 e. The van der Waals surface area contributed by atoms with Gasteiger partial charge in [-0.2, -0.15) is 0 Å². The highest BCUT2D eigenvalue weighted by molar-refractivity contribution is 4.98. The van der Waals surface area contributed by atoms with Crippen LogP contribution in [0.5, 0.6) is 0 Å². The molecule has 14 heavy (non-hydrogen) atoms. The van der Waals surface area contributed by atoms with Crippen molar-refractivity contribution in [3.05, 3.63) is 12.2 Å². The van der Waals surface area contributed by atoms with Crippen LogP contribution in [-0.2, 0) is 9.47 Å². The molecule has 1 aliphatic heterocycles. The number of hydrogen-bond donors (Lipinski definition) is 2. The first kappa shape index (κ1) is 11.7. The lowest BCUT2D eigenvalue weighted by Gasteiger charge is -2.30. The van der Waals surface area contributed by atoms with Gasteiger partial charge >= 0.3 is 0 Å². The first-order valence-corrected chi connectivity index (χ1v) is 5.10. The summed E-state index contributed by atoms with van der Waals surface area (Å²) < 4.78 is 10.9. The molecule has 3 N–H and O–H groups in total. The summed E-state index contributed by atoms with van der Waals surface area (Å²) in [6.07, 6.45) is 1.88. The van der Waals surface area contributed by atoms with Crippen molar-refractivity contribution >= 4 is 0 Å². The van der Waals surface area contributed by atoms with E-state index < -0.39 is 0 Å². The number of rotatable bonds is 5. The zero-order chi connectivity index (χ0) is 10.4. The summed E-state index contributed by atoms with van der Waals surface area (Å²) in [5, 5.41) is 0. The molecule has 1 rings (SSSR count). The van der Waals surface area contributed by atoms with Crippen LogP contribution in [0.25, 0.3) is 0 Å². The molecule has 1 saturated heterocycles. The molecule has 1 aliphatic rings. The summed E-state index contributed by atoms with van der Waals surface area (Å²) in [5.74, 6) is 5.48. The SMILES string of the molecule is C=C(CC)CC(NN)C1COCCO1. The Labute approximate surface area is 85.4 Å². The Morgan fingerprint density at radius 3 is 2.93 bits per heavy atom. The van der Waals surface area contributed by atoms with Gasteiger partial charge in [0.1, 0.15) is 0 Å². The van der Waals surface area contributed by atoms with Gasteiger partial charge in [0.15, 0.2) is 0 Å². The Hall–Kier alpha value is -0.420. The Morgan fingerprint density at radius 2 is 2.43 bits per heavy atom. The molecule has 1 heterocycles. The van der Waals surface area contributed by atoms with Crippen LogP contribution >= 0.6 is 0 Å². The van der Waals surface area contributed by atoms with Gasteiger partial charge < -0.3 is 9.47 Å². The quantitative estimate of drug-likeness (QED) is 0.387. The predicted molar refractivity (Wildman–Crippen MR) is 55.7 cm³/mol. The zero-order valence-electron chi connectivity index (χ0n) is 8.79. The van der Waals surface area contributed by atoms with Crippen molar-refractivity contribution in [3.8, 4) is 0 Å². The van der Waals surface area contributed by atoms with E-state index in [1.54, 1.807) is 0 Å². The minimum Gasteiger partial charge on any atom is -0.376 e. The van der Waals surface area contributed by atoms with Gasteiger partial charge in [-0.05, 0) is 12.8 Å². The normalized spacial score (nSPS) is 24.6. The van der Waals surface area contributed by atoms with E-state index in [1.165, 1.54) is 5.57 Å². The van der Waals surface area contributed by atoms with Crippen molar-refractivity contribution in [1.82, 2.24) is 5.43 Å². The summed E-state index contributed by atoms with van der Waals surface area (Å²) in [5.41, 5.74) is 3.95. The second kappa shape index (κ2) is 6.14. The van der Waals surface area contributed by atoms with Gasteiger partial charge in [0.25, 0.3) is 0 Å². The number of nitrogens with two attached hydrogens (primary N) is 1. The van der Waals surface area contributed by atoms with E-state index in [1.807, 2.05) is 0 Å². The third-order valence-electron chi connectivity index (χ3n) is 2.51. The molecule has 4 nitrogen and oxygen atoms in total. The Morgan fingerprint density at radius 1 is 1.64 bits per heavy atom. The van der Waals surface area contributed by atoms with E-state index >= 15 is 0 Å². The van der Waals surface area contributed by atoms with Gasteiger partial charge in [0.2, 0.25) is 0 Å². The largest absolute Gasteiger partial charge is 0.376 e. The molecule has 0 spiro atoms. The summed E-state index contributed by atoms with van der Waals surface area (Å²) in [7, 11) is 0. The fraction of sp³-hybridized carbons (Fsp3) is 0.800. The lowest BCUT2D eigenvalue weighted by Crippen LogP contribution is -2.49. The van der Waals surface area contributed by atoms with Gasteiger partial charge in [0, 0.05) is 0 Å². The fourth-order valence-corrected chi connectivity index (χ4v) is 1.49. The van der Waals surface area contributed by atoms with Crippen LogP contribution in [0.3, 0.4) is 0 Å². The van der Waals surface area contributed by atoms with Crippen molar-refractivity contribution in [2.24, 2.45) is 5.84 Å². The van der Waals surface area contributed by atoms with Gasteiger partial charge in [-0.1, -0.05) is 19.1 Å². The van der Waals surface area contributed by atoms with Crippen LogP contribution in [-0.4, -0.2) is 32.0 Å². The maximum atomic E-state index is 5.57. The number of hydrazine groups is 1. The van der Waals surface area contributed by atoms with Crippen LogP contribution in [0.4, 0.5) is 0 Å². The molecule has 0 bridgehead atoms. The van der Waals surface area contributed by atoms with Gasteiger partial charge in [-0.15, -0.1) is 0 Å². The lowest BCUT2D eigenvalue weighted by atomic mass is 10.0. The molecule has 82 valence electrons. The Bertz CT molecular complexity index is 179. The second-order valence-electron chi connectivity index (χ2n) is 3.56. The highest BCUT2D eigenvalue weighted by Gasteiger charge is 2.24. The summed E-state index contributed by atoms with van der Waals surface area (Å²) in [6.45, 7) is 8.01. The first-order valence-electron chi connectivity index (χ1n) is 5.10. The van der Waals surface area contributed by atoms with E-state index in [9.17, 15) is 0 Å². The van der Waals surface area contributed by atoms with Crippen molar-refractivity contribution < 1.29 is 9.47 Å². The average Bonchev–Trinajstić information content (AvgIpc) is 2.26. The van der Waals surface area contributed by atoms with Crippen LogP contribution in [0, 0.1) is 0 Å². The van der Waals surface area contributed by atoms with E-state index in [4.69, 9.17) is 15.3 Å². The number of nitrogens with one attached hydrogen (secondary N) is 1. The highest BCUT2D eigenvalue weighted by Crippen LogP contribution is 2.14. The van der Waals surface area contributed by atoms with Crippen molar-refractivity contribution in [3.63, 3.8) is 0 Å². The van der Waals surface area contributed by atoms with Crippen molar-refractivity contribution in [2.45, 2.75) is 31.9 Å². The van der Waals surface area contributed by atoms with Crippen molar-refractivity contribution in [2.75, 3.05) is 19.8 Å². The van der Waals surface area contributed by atoms with E-state index in [2.05, 4.69) is 18.9 Å². The van der Waals surface area contributed by atoms with Gasteiger partial charge in [0.05, 0.1) is 32.0 Å². The van der Waals surface area contributed by atoms with Crippen LogP contribution < -0.4 is 11.3 Å². The third-order valence-corrected chi connectivity index (χ3v) is 2.51. The van der Waals surface area contributed by atoms with Crippen LogP contribution in [0.2, 0.25) is 0 Å². The second-order valence-corrected chi connectivity index (χ2v) is 3.56. The monoisotopic (exact) mass is 200 g/mol. The van der Waals surface area contributed by atoms with E-state index in [0.717, 1.165) is 12.8 Å². The first-order chi connectivity index (χ1) is 6.77. The Kier molecular flexibility index (Phi) is 5.11. The minimum atomic E-state index is 0.0528. The lowest BCUT2D eigenvalue weighted by molar-refractivity contribution is -0.101. The third kappa shape index (κ3) is 3.38. The summed E-state index contributed by atoms with van der Waals surface area (Å²) in [6, 6.07) is 0.114. The molecule has 2 unspecified atom stereocenters. The maximum Gasteiger partial charge on any atom is 0.0978 e. The molecule has 0 saturated carbocycles.